The molecule has 2 fully saturated rings. The van der Waals surface area contributed by atoms with Crippen molar-refractivity contribution < 1.29 is 28.2 Å². The van der Waals surface area contributed by atoms with Crippen LogP contribution in [0, 0.1) is 17.8 Å². The van der Waals surface area contributed by atoms with Gasteiger partial charge in [0.15, 0.2) is 9.84 Å². The number of imidazole rings is 1. The van der Waals surface area contributed by atoms with Crippen molar-refractivity contribution in [2.45, 2.75) is 114 Å². The summed E-state index contributed by atoms with van der Waals surface area (Å²) in [6.45, 7) is 4.84. The van der Waals surface area contributed by atoms with E-state index in [0.29, 0.717) is 18.0 Å². The van der Waals surface area contributed by atoms with Gasteiger partial charge in [-0.3, -0.25) is 9.59 Å². The first kappa shape index (κ1) is 34.1. The molecule has 244 valence electrons. The molecule has 1 unspecified atom stereocenters. The van der Waals surface area contributed by atoms with E-state index in [1.807, 2.05) is 30.3 Å². The molecule has 2 aliphatic rings. The Balaban J connectivity index is 1.56. The highest BCUT2D eigenvalue weighted by atomic mass is 32.2. The predicted molar refractivity (Wildman–Crippen MR) is 169 cm³/mol. The molecule has 2 amide bonds. The highest BCUT2D eigenvalue weighted by molar-refractivity contribution is 7.92. The van der Waals surface area contributed by atoms with Gasteiger partial charge in [-0.15, -0.1) is 0 Å². The number of aromatic nitrogens is 2. The Morgan fingerprint density at radius 2 is 1.66 bits per heavy atom. The fraction of sp³-hybridized carbons (Fsp3) is 0.667. The maximum absolute atomic E-state index is 13.9. The van der Waals surface area contributed by atoms with E-state index in [9.17, 15) is 28.2 Å². The molecule has 2 aliphatic carbocycles. The molecule has 0 aliphatic heterocycles. The Kier molecular flexibility index (Phi) is 11.6. The van der Waals surface area contributed by atoms with E-state index in [-0.39, 0.29) is 24.5 Å². The molecule has 1 heterocycles. The van der Waals surface area contributed by atoms with Crippen LogP contribution in [-0.2, 0) is 32.3 Å². The first-order valence-electron chi connectivity index (χ1n) is 16.0. The number of nitrogens with zero attached hydrogens (tertiary/aromatic N) is 1. The van der Waals surface area contributed by atoms with Gasteiger partial charge < -0.3 is 25.8 Å². The number of carbonyl (C=O) groups is 2. The number of hydrogen-bond donors (Lipinski definition) is 5. The van der Waals surface area contributed by atoms with Crippen LogP contribution in [0.15, 0.2) is 42.9 Å². The van der Waals surface area contributed by atoms with E-state index in [1.54, 1.807) is 27.0 Å². The third-order valence-corrected chi connectivity index (χ3v) is 11.9. The molecule has 4 rings (SSSR count). The Labute approximate surface area is 261 Å². The molecule has 1 aromatic carbocycles. The summed E-state index contributed by atoms with van der Waals surface area (Å²) in [5, 5.41) is 27.8. The zero-order chi connectivity index (χ0) is 31.9. The summed E-state index contributed by atoms with van der Waals surface area (Å²) in [6, 6.07) is 7.48. The molecular weight excluding hydrogens is 580 g/mol. The summed E-state index contributed by atoms with van der Waals surface area (Å²) in [7, 11) is -3.67. The van der Waals surface area contributed by atoms with Crippen LogP contribution in [0.5, 0.6) is 0 Å². The van der Waals surface area contributed by atoms with E-state index in [0.717, 1.165) is 44.1 Å². The molecule has 44 heavy (non-hydrogen) atoms. The second-order valence-corrected chi connectivity index (χ2v) is 16.6. The molecular formula is C33H50N4O6S. The zero-order valence-corrected chi connectivity index (χ0v) is 27.1. The van der Waals surface area contributed by atoms with E-state index in [1.165, 1.54) is 12.7 Å². The van der Waals surface area contributed by atoms with Crippen molar-refractivity contribution in [1.29, 1.82) is 0 Å². The predicted octanol–water partition coefficient (Wildman–Crippen LogP) is 3.10. The van der Waals surface area contributed by atoms with E-state index in [4.69, 9.17) is 0 Å². The first-order chi connectivity index (χ1) is 20.8. The SMILES string of the molecule is CC(C)(C)S(=O)(=O)C[C@@H](Cc1ccccc1)C(=O)N[C@@H](Cc1c[nH]cn1)C(=O)NC(CC1CCCCC1)[C@@H](O)[C@@H](O)C1CC1. The lowest BCUT2D eigenvalue weighted by molar-refractivity contribution is -0.132. The third kappa shape index (κ3) is 9.62. The van der Waals surface area contributed by atoms with Crippen molar-refractivity contribution in [3.63, 3.8) is 0 Å². The molecule has 0 saturated heterocycles. The summed E-state index contributed by atoms with van der Waals surface area (Å²) >= 11 is 0. The van der Waals surface area contributed by atoms with E-state index < -0.39 is 56.6 Å². The normalized spacial score (nSPS) is 19.8. The number of hydrogen-bond acceptors (Lipinski definition) is 7. The van der Waals surface area contributed by atoms with Crippen molar-refractivity contribution in [1.82, 2.24) is 20.6 Å². The van der Waals surface area contributed by atoms with Gasteiger partial charge in [-0.1, -0.05) is 62.4 Å². The lowest BCUT2D eigenvalue weighted by Gasteiger charge is -2.33. The number of aliphatic hydroxyl groups is 2. The largest absolute Gasteiger partial charge is 0.390 e. The second-order valence-electron chi connectivity index (χ2n) is 13.8. The third-order valence-electron chi connectivity index (χ3n) is 9.16. The van der Waals surface area contributed by atoms with Crippen LogP contribution in [0.3, 0.4) is 0 Å². The second kappa shape index (κ2) is 15.0. The number of nitrogens with one attached hydrogen (secondary N) is 3. The Bertz CT molecular complexity index is 1300. The van der Waals surface area contributed by atoms with E-state index >= 15 is 0 Å². The topological polar surface area (TPSA) is 161 Å². The van der Waals surface area contributed by atoms with Gasteiger partial charge in [-0.2, -0.15) is 0 Å². The van der Waals surface area contributed by atoms with Crippen LogP contribution >= 0.6 is 0 Å². The smallest absolute Gasteiger partial charge is 0.243 e. The standard InChI is InChI=1S/C33H50N4O6S/c1-33(2,3)44(42,43)20-25(16-22-10-6-4-7-11-22)31(40)37-28(18-26-19-34-21-35-26)32(41)36-27(17-23-12-8-5-9-13-23)30(39)29(38)24-14-15-24/h4,6-7,10-11,19,21,23-25,27-30,38-39H,5,8-9,12-18,20H2,1-3H3,(H,34,35)(H,36,41)(H,37,40)/t25-,27?,28+,29+,30-/m1/s1. The molecule has 5 atom stereocenters. The molecule has 0 spiro atoms. The zero-order valence-electron chi connectivity index (χ0n) is 26.2. The van der Waals surface area contributed by atoms with E-state index in [2.05, 4.69) is 20.6 Å². The minimum absolute atomic E-state index is 0.0267. The van der Waals surface area contributed by atoms with Crippen molar-refractivity contribution in [2.24, 2.45) is 17.8 Å². The maximum atomic E-state index is 13.9. The summed E-state index contributed by atoms with van der Waals surface area (Å²) < 4.78 is 25.4. The lowest BCUT2D eigenvalue weighted by Crippen LogP contribution is -2.57. The van der Waals surface area contributed by atoms with Gasteiger partial charge >= 0.3 is 0 Å². The molecule has 10 nitrogen and oxygen atoms in total. The summed E-state index contributed by atoms with van der Waals surface area (Å²) in [6.07, 6.45) is 8.97. The molecule has 1 aromatic heterocycles. The number of aliphatic hydroxyl groups excluding tert-OH is 2. The van der Waals surface area contributed by atoms with Crippen LogP contribution in [0.4, 0.5) is 0 Å². The number of benzene rings is 1. The van der Waals surface area contributed by atoms with Gasteiger partial charge in [0, 0.05) is 12.6 Å². The number of aromatic amines is 1. The molecule has 0 bridgehead atoms. The van der Waals surface area contributed by atoms with Crippen LogP contribution in [0.2, 0.25) is 0 Å². The first-order valence-corrected chi connectivity index (χ1v) is 17.7. The van der Waals surface area contributed by atoms with Gasteiger partial charge in [0.25, 0.3) is 0 Å². The average Bonchev–Trinajstić information content (AvgIpc) is 3.71. The van der Waals surface area contributed by atoms with Crippen LogP contribution < -0.4 is 10.6 Å². The van der Waals surface area contributed by atoms with Gasteiger partial charge in [0.2, 0.25) is 11.8 Å². The number of amides is 2. The summed E-state index contributed by atoms with van der Waals surface area (Å²) in [5.41, 5.74) is 1.37. The minimum Gasteiger partial charge on any atom is -0.390 e. The fourth-order valence-corrected chi connectivity index (χ4v) is 7.35. The van der Waals surface area contributed by atoms with Crippen molar-refractivity contribution in [2.75, 3.05) is 5.75 Å². The summed E-state index contributed by atoms with van der Waals surface area (Å²) in [5.74, 6) is -1.99. The van der Waals surface area contributed by atoms with Crippen LogP contribution in [-0.4, -0.2) is 75.2 Å². The molecule has 0 radical (unpaired) electrons. The molecule has 2 saturated carbocycles. The van der Waals surface area contributed by atoms with Crippen molar-refractivity contribution in [3.8, 4) is 0 Å². The lowest BCUT2D eigenvalue weighted by atomic mass is 9.82. The Morgan fingerprint density at radius 1 is 0.977 bits per heavy atom. The number of sulfone groups is 1. The summed E-state index contributed by atoms with van der Waals surface area (Å²) in [4.78, 5) is 34.9. The quantitative estimate of drug-likeness (QED) is 0.202. The molecule has 11 heteroatoms. The number of H-pyrrole nitrogens is 1. The highest BCUT2D eigenvalue weighted by Gasteiger charge is 2.41. The minimum atomic E-state index is -3.67. The molecule has 2 aromatic rings. The monoisotopic (exact) mass is 630 g/mol. The van der Waals surface area contributed by atoms with Gasteiger partial charge in [0.05, 0.1) is 40.6 Å². The maximum Gasteiger partial charge on any atom is 0.243 e. The Morgan fingerprint density at radius 3 is 2.25 bits per heavy atom. The van der Waals surface area contributed by atoms with Crippen LogP contribution in [0.25, 0.3) is 0 Å². The van der Waals surface area contributed by atoms with Crippen molar-refractivity contribution in [3.05, 3.63) is 54.1 Å². The molecule has 5 N–H and O–H groups in total. The number of rotatable bonds is 15. The van der Waals surface area contributed by atoms with Crippen LogP contribution in [0.1, 0.15) is 83.4 Å². The van der Waals surface area contributed by atoms with Gasteiger partial charge in [-0.25, -0.2) is 13.4 Å². The highest BCUT2D eigenvalue weighted by Crippen LogP contribution is 2.36. The average molecular weight is 631 g/mol. The van der Waals surface area contributed by atoms with Gasteiger partial charge in [-0.05, 0) is 63.9 Å². The number of carbonyl (C=O) groups excluding carboxylic acids is 2. The van der Waals surface area contributed by atoms with Gasteiger partial charge in [0.1, 0.15) is 12.1 Å². The van der Waals surface area contributed by atoms with Crippen molar-refractivity contribution >= 4 is 21.7 Å². The fourth-order valence-electron chi connectivity index (χ4n) is 6.05. The Hall–Kier alpha value is -2.76.